The van der Waals surface area contributed by atoms with Gasteiger partial charge < -0.3 is 24.6 Å². The molecule has 0 radical (unpaired) electrons. The van der Waals surface area contributed by atoms with Crippen molar-refractivity contribution in [3.05, 3.63) is 62.8 Å². The van der Waals surface area contributed by atoms with Crippen LogP contribution >= 0.6 is 0 Å². The number of carbonyl (C=O) groups excluding carboxylic acids is 2. The molecule has 6 atom stereocenters. The van der Waals surface area contributed by atoms with E-state index in [-0.39, 0.29) is 30.3 Å². The fourth-order valence-electron chi connectivity index (χ4n) is 5.98. The van der Waals surface area contributed by atoms with Crippen molar-refractivity contribution in [3.8, 4) is 5.75 Å². The lowest BCUT2D eigenvalue weighted by molar-refractivity contribution is -0.167. The molecule has 2 bridgehead atoms. The lowest BCUT2D eigenvalue weighted by atomic mass is 9.93. The summed E-state index contributed by atoms with van der Waals surface area (Å²) in [6, 6.07) is 0.931. The largest absolute Gasteiger partial charge is 0.503 e. The summed E-state index contributed by atoms with van der Waals surface area (Å²) in [6.07, 6.45) is 1.59. The molecule has 2 aromatic rings. The highest BCUT2D eigenvalue weighted by molar-refractivity contribution is 5.99. The molecule has 4 aliphatic rings. The molecule has 1 saturated heterocycles. The second-order valence-electron chi connectivity index (χ2n) is 9.43. The maximum atomic E-state index is 13.9. The topological polar surface area (TPSA) is 101 Å². The van der Waals surface area contributed by atoms with Crippen molar-refractivity contribution in [3.63, 3.8) is 0 Å². The minimum atomic E-state index is -1.19. The normalized spacial score (nSPS) is 30.5. The van der Waals surface area contributed by atoms with Crippen LogP contribution in [0.25, 0.3) is 0 Å². The zero-order chi connectivity index (χ0) is 24.0. The molecule has 1 unspecified atom stereocenters. The van der Waals surface area contributed by atoms with Gasteiger partial charge in [0.05, 0.1) is 12.6 Å². The number of amides is 2. The molecule has 3 fully saturated rings. The number of benzene rings is 1. The van der Waals surface area contributed by atoms with Crippen LogP contribution < -0.4 is 10.7 Å². The summed E-state index contributed by atoms with van der Waals surface area (Å²) in [4.78, 5) is 40.4. The molecule has 6 rings (SSSR count). The molecular formula is C23H20F3N3O5. The minimum Gasteiger partial charge on any atom is -0.503 e. The maximum absolute atomic E-state index is 13.9. The zero-order valence-corrected chi connectivity index (χ0v) is 17.9. The highest BCUT2D eigenvalue weighted by Gasteiger charge is 2.66. The monoisotopic (exact) mass is 475 g/mol. The lowest BCUT2D eigenvalue weighted by Crippen LogP contribution is -2.61. The van der Waals surface area contributed by atoms with Gasteiger partial charge in [-0.15, -0.1) is 0 Å². The van der Waals surface area contributed by atoms with Gasteiger partial charge in [0.25, 0.3) is 11.8 Å². The van der Waals surface area contributed by atoms with Crippen LogP contribution in [-0.2, 0) is 17.8 Å². The third kappa shape index (κ3) is 2.85. The van der Waals surface area contributed by atoms with Crippen LogP contribution in [0.15, 0.2) is 23.1 Å². The van der Waals surface area contributed by atoms with Crippen LogP contribution in [0.1, 0.15) is 39.8 Å². The number of carbonyl (C=O) groups is 2. The van der Waals surface area contributed by atoms with Gasteiger partial charge in [-0.05, 0) is 18.3 Å². The Morgan fingerprint density at radius 3 is 2.62 bits per heavy atom. The summed E-state index contributed by atoms with van der Waals surface area (Å²) in [6.45, 7) is 1.50. The summed E-state index contributed by atoms with van der Waals surface area (Å²) >= 11 is 0. The molecule has 2 aliphatic heterocycles. The van der Waals surface area contributed by atoms with E-state index in [0.29, 0.717) is 24.0 Å². The first-order chi connectivity index (χ1) is 16.2. The van der Waals surface area contributed by atoms with Gasteiger partial charge in [-0.2, -0.15) is 0 Å². The number of aromatic nitrogens is 1. The molecule has 3 heterocycles. The molecule has 2 N–H and O–H groups in total. The van der Waals surface area contributed by atoms with Crippen molar-refractivity contribution < 1.29 is 32.6 Å². The molecule has 11 heteroatoms. The number of fused-ring (bicyclic) bond motifs is 8. The van der Waals surface area contributed by atoms with Gasteiger partial charge in [0, 0.05) is 42.4 Å². The van der Waals surface area contributed by atoms with Crippen LogP contribution in [0.2, 0.25) is 0 Å². The number of pyridine rings is 1. The Morgan fingerprint density at radius 2 is 1.91 bits per heavy atom. The fraction of sp³-hybridized carbons (Fsp3) is 0.435. The Kier molecular flexibility index (Phi) is 4.42. The van der Waals surface area contributed by atoms with E-state index in [9.17, 15) is 32.7 Å². The number of nitrogens with one attached hydrogen (secondary N) is 1. The van der Waals surface area contributed by atoms with E-state index in [4.69, 9.17) is 4.74 Å². The predicted molar refractivity (Wildman–Crippen MR) is 109 cm³/mol. The Hall–Kier alpha value is -3.34. The predicted octanol–water partition coefficient (Wildman–Crippen LogP) is 1.74. The van der Waals surface area contributed by atoms with E-state index in [1.807, 2.05) is 6.92 Å². The third-order valence-corrected chi connectivity index (χ3v) is 7.58. The Bertz CT molecular complexity index is 1300. The van der Waals surface area contributed by atoms with Crippen molar-refractivity contribution >= 4 is 11.8 Å². The van der Waals surface area contributed by atoms with Crippen LogP contribution in [-0.4, -0.2) is 44.8 Å². The minimum absolute atomic E-state index is 0.0204. The van der Waals surface area contributed by atoms with Gasteiger partial charge in [-0.3, -0.25) is 14.4 Å². The first kappa shape index (κ1) is 21.2. The number of hydrogen-bond acceptors (Lipinski definition) is 5. The van der Waals surface area contributed by atoms with E-state index >= 15 is 0 Å². The van der Waals surface area contributed by atoms with Gasteiger partial charge in [0.2, 0.25) is 5.43 Å². The third-order valence-electron chi connectivity index (χ3n) is 7.58. The summed E-state index contributed by atoms with van der Waals surface area (Å²) < 4.78 is 48.3. The van der Waals surface area contributed by atoms with Gasteiger partial charge >= 0.3 is 0 Å². The van der Waals surface area contributed by atoms with Gasteiger partial charge in [-0.1, -0.05) is 6.92 Å². The average Bonchev–Trinajstić information content (AvgIpc) is 3.52. The van der Waals surface area contributed by atoms with E-state index in [1.165, 1.54) is 4.57 Å². The van der Waals surface area contributed by atoms with E-state index in [0.717, 1.165) is 12.6 Å². The van der Waals surface area contributed by atoms with E-state index in [2.05, 4.69) is 5.32 Å². The molecule has 2 amide bonds. The Balaban J connectivity index is 1.30. The number of ether oxygens (including phenoxy) is 1. The van der Waals surface area contributed by atoms with Crippen LogP contribution in [0.5, 0.6) is 5.75 Å². The first-order valence-corrected chi connectivity index (χ1v) is 11.0. The molecule has 178 valence electrons. The van der Waals surface area contributed by atoms with Gasteiger partial charge in [0.15, 0.2) is 17.7 Å². The summed E-state index contributed by atoms with van der Waals surface area (Å²) in [7, 11) is 0. The average molecular weight is 475 g/mol. The molecule has 2 saturated carbocycles. The smallest absolute Gasteiger partial charge is 0.276 e. The molecule has 1 aromatic heterocycles. The SMILES string of the molecule is C[C@H]1[C@H]2OC3Cn4cc(C(=O)NCc5c(F)cc(F)cc5F)c(=O)c(O)c4C(=O)N3[C@@H]1[C@H]1C[C@H]12. The number of halogens is 3. The van der Waals surface area contributed by atoms with Crippen molar-refractivity contribution in [2.75, 3.05) is 0 Å². The molecule has 0 spiro atoms. The second kappa shape index (κ2) is 7.08. The Labute approximate surface area is 190 Å². The van der Waals surface area contributed by atoms with Gasteiger partial charge in [-0.25, -0.2) is 13.2 Å². The van der Waals surface area contributed by atoms with Crippen molar-refractivity contribution in [2.45, 2.75) is 44.8 Å². The first-order valence-electron chi connectivity index (χ1n) is 11.0. The second-order valence-corrected chi connectivity index (χ2v) is 9.43. The fourth-order valence-corrected chi connectivity index (χ4v) is 5.98. The number of nitrogens with zero attached hydrogens (tertiary/aromatic N) is 2. The standard InChI is InChI=1S/C23H20F3N3O5/c1-8-17-10-4-11(10)21(8)34-16-7-28-6-13(19(30)20(31)18(28)23(33)29(16)17)22(32)27-5-12-14(25)2-9(24)3-15(12)26/h2-3,6,8,10-11,16-17,21,31H,4-5,7H2,1H3,(H,27,32)/t8-,10+,11-,16?,17+,21-/m1/s1. The highest BCUT2D eigenvalue weighted by Crippen LogP contribution is 2.60. The number of hydrogen-bond donors (Lipinski definition) is 2. The molecular weight excluding hydrogens is 455 g/mol. The highest BCUT2D eigenvalue weighted by atomic mass is 19.1. The van der Waals surface area contributed by atoms with Gasteiger partial charge in [0.1, 0.15) is 23.0 Å². The number of rotatable bonds is 3. The summed E-state index contributed by atoms with van der Waals surface area (Å²) in [5.41, 5.74) is -2.37. The van der Waals surface area contributed by atoms with Crippen LogP contribution in [0, 0.1) is 35.2 Å². The number of aromatic hydroxyl groups is 1. The molecule has 1 aromatic carbocycles. The molecule has 2 aliphatic carbocycles. The van der Waals surface area contributed by atoms with E-state index in [1.54, 1.807) is 4.90 Å². The van der Waals surface area contributed by atoms with Crippen molar-refractivity contribution in [1.82, 2.24) is 14.8 Å². The van der Waals surface area contributed by atoms with Crippen molar-refractivity contribution in [1.29, 1.82) is 0 Å². The molecule has 34 heavy (non-hydrogen) atoms. The maximum Gasteiger partial charge on any atom is 0.276 e. The lowest BCUT2D eigenvalue weighted by Gasteiger charge is -2.48. The van der Waals surface area contributed by atoms with E-state index < -0.39 is 64.3 Å². The van der Waals surface area contributed by atoms with Crippen LogP contribution in [0.3, 0.4) is 0 Å². The summed E-state index contributed by atoms with van der Waals surface area (Å²) in [5, 5.41) is 12.8. The van der Waals surface area contributed by atoms with Crippen molar-refractivity contribution in [2.24, 2.45) is 17.8 Å². The quantitative estimate of drug-likeness (QED) is 0.705. The Morgan fingerprint density at radius 1 is 1.21 bits per heavy atom. The molecule has 8 nitrogen and oxygen atoms in total. The summed E-state index contributed by atoms with van der Waals surface area (Å²) in [5.74, 6) is -4.97. The van der Waals surface area contributed by atoms with Crippen LogP contribution in [0.4, 0.5) is 13.2 Å². The zero-order valence-electron chi connectivity index (χ0n) is 17.9.